The molecule has 28 heavy (non-hydrogen) atoms. The fourth-order valence-electron chi connectivity index (χ4n) is 4.26. The molecule has 2 aliphatic rings. The molecule has 1 aromatic rings. The van der Waals surface area contributed by atoms with Gasteiger partial charge in [-0.3, -0.25) is 0 Å². The van der Waals surface area contributed by atoms with Gasteiger partial charge in [0.15, 0.2) is 6.29 Å². The fourth-order valence-corrected chi connectivity index (χ4v) is 4.26. The molecule has 3 rings (SSSR count). The lowest BCUT2D eigenvalue weighted by atomic mass is 9.79. The van der Waals surface area contributed by atoms with Gasteiger partial charge in [-0.15, -0.1) is 0 Å². The van der Waals surface area contributed by atoms with Crippen molar-refractivity contribution in [3.05, 3.63) is 42.0 Å². The van der Waals surface area contributed by atoms with E-state index < -0.39 is 0 Å². The lowest BCUT2D eigenvalue weighted by Gasteiger charge is -2.27. The van der Waals surface area contributed by atoms with Crippen LogP contribution in [0.2, 0.25) is 0 Å². The first-order valence-electron chi connectivity index (χ1n) is 11.4. The van der Waals surface area contributed by atoms with Gasteiger partial charge in [-0.1, -0.05) is 63.8 Å². The predicted molar refractivity (Wildman–Crippen MR) is 114 cm³/mol. The molecule has 1 aromatic carbocycles. The number of unbranched alkanes of at least 4 members (excludes halogenated alkanes) is 2. The van der Waals surface area contributed by atoms with Crippen molar-refractivity contribution >= 4 is 0 Å². The van der Waals surface area contributed by atoms with Crippen LogP contribution < -0.4 is 4.74 Å². The third-order valence-electron chi connectivity index (χ3n) is 6.08. The highest BCUT2D eigenvalue weighted by molar-refractivity contribution is 5.28. The quantitative estimate of drug-likeness (QED) is 0.349. The summed E-state index contributed by atoms with van der Waals surface area (Å²) in [6.45, 7) is 6.59. The fraction of sp³-hybridized carbons (Fsp3) is 0.680. The molecule has 0 bridgehead atoms. The van der Waals surface area contributed by atoms with Gasteiger partial charge in [-0.05, 0) is 49.7 Å². The smallest absolute Gasteiger partial charge is 0.183 e. The van der Waals surface area contributed by atoms with Crippen LogP contribution in [0.1, 0.15) is 77.1 Å². The summed E-state index contributed by atoms with van der Waals surface area (Å²) in [7, 11) is 0. The van der Waals surface area contributed by atoms with E-state index in [0.717, 1.165) is 36.4 Å². The molecule has 0 spiro atoms. The maximum absolute atomic E-state index is 5.87. The first-order chi connectivity index (χ1) is 13.7. The van der Waals surface area contributed by atoms with Crippen molar-refractivity contribution in [2.45, 2.75) is 71.5 Å². The summed E-state index contributed by atoms with van der Waals surface area (Å²) in [6.07, 6.45) is 15.5. The molecule has 0 aromatic heterocycles. The Bertz CT molecular complexity index is 564. The van der Waals surface area contributed by atoms with Gasteiger partial charge in [0.1, 0.15) is 12.4 Å². The van der Waals surface area contributed by atoms with Crippen molar-refractivity contribution in [1.82, 2.24) is 0 Å². The Labute approximate surface area is 171 Å². The molecule has 0 amide bonds. The zero-order valence-corrected chi connectivity index (χ0v) is 17.8. The van der Waals surface area contributed by atoms with Crippen molar-refractivity contribution in [2.24, 2.45) is 17.8 Å². The molecule has 0 radical (unpaired) electrons. The number of allylic oxidation sites excluding steroid dienone is 1. The topological polar surface area (TPSA) is 27.7 Å². The van der Waals surface area contributed by atoms with Crippen molar-refractivity contribution in [3.63, 3.8) is 0 Å². The second kappa shape index (κ2) is 11.6. The minimum Gasteiger partial charge on any atom is -0.490 e. The van der Waals surface area contributed by atoms with E-state index in [2.05, 4.69) is 26.0 Å². The molecule has 3 nitrogen and oxygen atoms in total. The lowest BCUT2D eigenvalue weighted by molar-refractivity contribution is -0.202. The largest absolute Gasteiger partial charge is 0.490 e. The van der Waals surface area contributed by atoms with Gasteiger partial charge in [0.2, 0.25) is 0 Å². The van der Waals surface area contributed by atoms with Gasteiger partial charge < -0.3 is 14.2 Å². The summed E-state index contributed by atoms with van der Waals surface area (Å²) >= 11 is 0. The molecular weight excluding hydrogens is 348 g/mol. The first-order valence-corrected chi connectivity index (χ1v) is 11.4. The SMILES string of the molecule is CCCCC[C@H]1CC[C@H](/C=C/COc2ccc([C@H]3OC[C@H](C)CO3)cc2)CC1. The molecule has 156 valence electrons. The van der Waals surface area contributed by atoms with Gasteiger partial charge in [0, 0.05) is 11.5 Å². The van der Waals surface area contributed by atoms with Gasteiger partial charge in [0.05, 0.1) is 13.2 Å². The number of hydrogen-bond donors (Lipinski definition) is 0. The summed E-state index contributed by atoms with van der Waals surface area (Å²) in [5.74, 6) is 3.10. The van der Waals surface area contributed by atoms with Gasteiger partial charge in [-0.2, -0.15) is 0 Å². The van der Waals surface area contributed by atoms with Gasteiger partial charge in [-0.25, -0.2) is 0 Å². The van der Waals surface area contributed by atoms with E-state index >= 15 is 0 Å². The lowest BCUT2D eigenvalue weighted by Crippen LogP contribution is -2.24. The molecule has 2 fully saturated rings. The minimum atomic E-state index is -0.234. The van der Waals surface area contributed by atoms with E-state index in [1.165, 1.54) is 51.4 Å². The van der Waals surface area contributed by atoms with Crippen LogP contribution in [-0.2, 0) is 9.47 Å². The van der Waals surface area contributed by atoms with E-state index in [9.17, 15) is 0 Å². The van der Waals surface area contributed by atoms with Crippen molar-refractivity contribution in [2.75, 3.05) is 19.8 Å². The summed E-state index contributed by atoms with van der Waals surface area (Å²) < 4.78 is 17.4. The third kappa shape index (κ3) is 6.93. The average molecular weight is 387 g/mol. The van der Waals surface area contributed by atoms with Crippen molar-refractivity contribution in [1.29, 1.82) is 0 Å². The highest BCUT2D eigenvalue weighted by Gasteiger charge is 2.21. The van der Waals surface area contributed by atoms with Crippen LogP contribution in [0.3, 0.4) is 0 Å². The summed E-state index contributed by atoms with van der Waals surface area (Å²) in [6, 6.07) is 8.10. The standard InChI is InChI=1S/C25H38O3/c1-3-4-5-7-21-9-11-22(12-10-21)8-6-17-26-24-15-13-23(14-16-24)25-27-18-20(2)19-28-25/h6,8,13-16,20-22,25H,3-5,7,9-12,17-19H2,1-2H3/b8-6+/t20-,21-,22-,25-. The Morgan fingerprint density at radius 1 is 1.00 bits per heavy atom. The van der Waals surface area contributed by atoms with Crippen LogP contribution in [0.5, 0.6) is 5.75 Å². The number of benzene rings is 1. The van der Waals surface area contributed by atoms with Crippen molar-refractivity contribution < 1.29 is 14.2 Å². The average Bonchev–Trinajstić information content (AvgIpc) is 2.73. The predicted octanol–water partition coefficient (Wildman–Crippen LogP) is 6.69. The Morgan fingerprint density at radius 2 is 1.71 bits per heavy atom. The molecule has 1 aliphatic carbocycles. The van der Waals surface area contributed by atoms with E-state index in [4.69, 9.17) is 14.2 Å². The molecule has 0 unspecified atom stereocenters. The zero-order chi connectivity index (χ0) is 19.6. The van der Waals surface area contributed by atoms with E-state index in [0.29, 0.717) is 12.5 Å². The van der Waals surface area contributed by atoms with E-state index in [1.807, 2.05) is 24.3 Å². The van der Waals surface area contributed by atoms with Gasteiger partial charge in [0.25, 0.3) is 0 Å². The summed E-state index contributed by atoms with van der Waals surface area (Å²) in [5, 5.41) is 0. The van der Waals surface area contributed by atoms with Crippen molar-refractivity contribution in [3.8, 4) is 5.75 Å². The summed E-state index contributed by atoms with van der Waals surface area (Å²) in [5.41, 5.74) is 1.06. The number of rotatable bonds is 9. The van der Waals surface area contributed by atoms with Crippen LogP contribution in [0.15, 0.2) is 36.4 Å². The molecule has 0 N–H and O–H groups in total. The molecule has 0 atom stereocenters. The van der Waals surface area contributed by atoms with E-state index in [1.54, 1.807) is 0 Å². The number of hydrogen-bond acceptors (Lipinski definition) is 3. The Balaban J connectivity index is 1.33. The van der Waals surface area contributed by atoms with Crippen LogP contribution in [0, 0.1) is 17.8 Å². The Kier molecular flexibility index (Phi) is 8.88. The molecular formula is C25H38O3. The summed E-state index contributed by atoms with van der Waals surface area (Å²) in [4.78, 5) is 0. The maximum Gasteiger partial charge on any atom is 0.183 e. The molecule has 1 aliphatic heterocycles. The normalized spacial score (nSPS) is 28.5. The highest BCUT2D eigenvalue weighted by atomic mass is 16.7. The number of ether oxygens (including phenoxy) is 3. The third-order valence-corrected chi connectivity index (χ3v) is 6.08. The molecule has 1 heterocycles. The molecule has 1 saturated carbocycles. The van der Waals surface area contributed by atoms with Crippen LogP contribution in [0.25, 0.3) is 0 Å². The monoisotopic (exact) mass is 386 g/mol. The Hall–Kier alpha value is -1.32. The second-order valence-corrected chi connectivity index (χ2v) is 8.69. The Morgan fingerprint density at radius 3 is 2.39 bits per heavy atom. The maximum atomic E-state index is 5.87. The van der Waals surface area contributed by atoms with E-state index in [-0.39, 0.29) is 6.29 Å². The molecule has 1 saturated heterocycles. The van der Waals surface area contributed by atoms with Crippen LogP contribution in [-0.4, -0.2) is 19.8 Å². The second-order valence-electron chi connectivity index (χ2n) is 8.69. The molecule has 3 heteroatoms. The van der Waals surface area contributed by atoms with Crippen LogP contribution in [0.4, 0.5) is 0 Å². The first kappa shape index (κ1) is 21.4. The van der Waals surface area contributed by atoms with Gasteiger partial charge >= 0.3 is 0 Å². The highest BCUT2D eigenvalue weighted by Crippen LogP contribution is 2.32. The zero-order valence-electron chi connectivity index (χ0n) is 17.8. The van der Waals surface area contributed by atoms with Crippen LogP contribution >= 0.6 is 0 Å². The minimum absolute atomic E-state index is 0.234.